The maximum atomic E-state index is 12.7. The molecule has 0 saturated heterocycles. The number of carbonyl (C=O) groups excluding carboxylic acids is 1. The summed E-state index contributed by atoms with van der Waals surface area (Å²) in [5, 5.41) is 3.02. The predicted molar refractivity (Wildman–Crippen MR) is 75.0 cm³/mol. The number of fused-ring (bicyclic) bond motifs is 1. The van der Waals surface area contributed by atoms with E-state index in [4.69, 9.17) is 0 Å². The second-order valence-electron chi connectivity index (χ2n) is 5.79. The molecule has 1 aliphatic heterocycles. The fraction of sp³-hybridized carbons (Fsp3) is 0.533. The smallest absolute Gasteiger partial charge is 0.373 e. The molecule has 1 heterocycles. The minimum Gasteiger partial charge on any atom is -0.373 e. The summed E-state index contributed by atoms with van der Waals surface area (Å²) in [5.74, 6) is -0.502. The number of alkyl halides is 3. The quantitative estimate of drug-likeness (QED) is 0.927. The Hall–Kier alpha value is -1.72. The molecule has 0 unspecified atom stereocenters. The molecule has 1 atom stereocenters. The summed E-state index contributed by atoms with van der Waals surface area (Å²) in [7, 11) is 0. The van der Waals surface area contributed by atoms with Crippen molar-refractivity contribution in [3.05, 3.63) is 29.8 Å². The van der Waals surface area contributed by atoms with E-state index in [1.54, 1.807) is 13.8 Å². The van der Waals surface area contributed by atoms with Gasteiger partial charge in [0.2, 0.25) is 5.91 Å². The van der Waals surface area contributed by atoms with Crippen molar-refractivity contribution in [2.75, 3.05) is 18.4 Å². The van der Waals surface area contributed by atoms with Gasteiger partial charge in [-0.3, -0.25) is 4.79 Å². The SMILES string of the molecule is CC(C)CN(CC(F)(F)F)C(=O)[C@@H]1Cc2ccccc2N1. The Bertz CT molecular complexity index is 489. The zero-order chi connectivity index (χ0) is 15.6. The van der Waals surface area contributed by atoms with Gasteiger partial charge in [-0.1, -0.05) is 32.0 Å². The van der Waals surface area contributed by atoms with E-state index in [1.165, 1.54) is 0 Å². The lowest BCUT2D eigenvalue weighted by atomic mass is 10.1. The molecule has 0 aromatic heterocycles. The zero-order valence-electron chi connectivity index (χ0n) is 12.1. The molecule has 116 valence electrons. The first-order valence-electron chi connectivity index (χ1n) is 6.96. The molecule has 1 N–H and O–H groups in total. The Labute approximate surface area is 122 Å². The maximum Gasteiger partial charge on any atom is 0.406 e. The first-order chi connectivity index (χ1) is 9.76. The molecule has 3 nitrogen and oxygen atoms in total. The Kier molecular flexibility index (Phi) is 4.44. The second kappa shape index (κ2) is 5.95. The zero-order valence-corrected chi connectivity index (χ0v) is 12.1. The number of anilines is 1. The number of benzene rings is 1. The molecule has 6 heteroatoms. The lowest BCUT2D eigenvalue weighted by molar-refractivity contribution is -0.162. The molecule has 0 fully saturated rings. The van der Waals surface area contributed by atoms with Crippen molar-refractivity contribution in [1.82, 2.24) is 4.90 Å². The molecule has 1 amide bonds. The molecule has 2 rings (SSSR count). The van der Waals surface area contributed by atoms with Gasteiger partial charge in [0.15, 0.2) is 0 Å². The Morgan fingerprint density at radius 3 is 2.62 bits per heavy atom. The number of hydrogen-bond acceptors (Lipinski definition) is 2. The van der Waals surface area contributed by atoms with Crippen molar-refractivity contribution in [2.45, 2.75) is 32.5 Å². The van der Waals surface area contributed by atoms with E-state index in [0.717, 1.165) is 16.2 Å². The third-order valence-corrected chi connectivity index (χ3v) is 3.34. The second-order valence-corrected chi connectivity index (χ2v) is 5.79. The van der Waals surface area contributed by atoms with E-state index in [0.29, 0.717) is 6.42 Å². The highest BCUT2D eigenvalue weighted by Gasteiger charge is 2.37. The number of nitrogens with one attached hydrogen (secondary N) is 1. The van der Waals surface area contributed by atoms with Crippen LogP contribution in [0, 0.1) is 5.92 Å². The van der Waals surface area contributed by atoms with Gasteiger partial charge in [0.25, 0.3) is 0 Å². The molecule has 0 spiro atoms. The summed E-state index contributed by atoms with van der Waals surface area (Å²) in [6.45, 7) is 2.51. The van der Waals surface area contributed by atoms with E-state index >= 15 is 0 Å². The van der Waals surface area contributed by atoms with Crippen LogP contribution in [0.25, 0.3) is 0 Å². The Morgan fingerprint density at radius 2 is 2.05 bits per heavy atom. The minimum atomic E-state index is -4.38. The average Bonchev–Trinajstić information content (AvgIpc) is 2.78. The highest BCUT2D eigenvalue weighted by Crippen LogP contribution is 2.27. The van der Waals surface area contributed by atoms with E-state index in [9.17, 15) is 18.0 Å². The van der Waals surface area contributed by atoms with Crippen LogP contribution in [0.1, 0.15) is 19.4 Å². The summed E-state index contributed by atoms with van der Waals surface area (Å²) in [5.41, 5.74) is 1.79. The van der Waals surface area contributed by atoms with Crippen molar-refractivity contribution in [3.63, 3.8) is 0 Å². The van der Waals surface area contributed by atoms with E-state index in [-0.39, 0.29) is 12.5 Å². The van der Waals surface area contributed by atoms with E-state index in [1.807, 2.05) is 24.3 Å². The summed E-state index contributed by atoms with van der Waals surface area (Å²) >= 11 is 0. The van der Waals surface area contributed by atoms with Crippen LogP contribution in [0.5, 0.6) is 0 Å². The summed E-state index contributed by atoms with van der Waals surface area (Å²) in [6.07, 6.45) is -3.95. The number of hydrogen-bond donors (Lipinski definition) is 1. The normalized spacial score (nSPS) is 17.5. The van der Waals surface area contributed by atoms with Gasteiger partial charge in [0.05, 0.1) is 0 Å². The van der Waals surface area contributed by atoms with Crippen molar-refractivity contribution >= 4 is 11.6 Å². The van der Waals surface area contributed by atoms with Crippen LogP contribution in [-0.2, 0) is 11.2 Å². The summed E-state index contributed by atoms with van der Waals surface area (Å²) in [6, 6.07) is 6.80. The van der Waals surface area contributed by atoms with E-state index in [2.05, 4.69) is 5.32 Å². The van der Waals surface area contributed by atoms with Crippen molar-refractivity contribution in [2.24, 2.45) is 5.92 Å². The highest BCUT2D eigenvalue weighted by atomic mass is 19.4. The number of rotatable bonds is 4. The van der Waals surface area contributed by atoms with Crippen LogP contribution < -0.4 is 5.32 Å². The standard InChI is InChI=1S/C15H19F3N2O/c1-10(2)8-20(9-15(16,17)18)14(21)13-7-11-5-3-4-6-12(11)19-13/h3-6,10,13,19H,7-9H2,1-2H3/t13-/m0/s1. The van der Waals surface area contributed by atoms with Crippen LogP contribution in [0.15, 0.2) is 24.3 Å². The van der Waals surface area contributed by atoms with Gasteiger partial charge in [-0.2, -0.15) is 13.2 Å². The van der Waals surface area contributed by atoms with Crippen LogP contribution in [-0.4, -0.2) is 36.1 Å². The Balaban J connectivity index is 2.09. The summed E-state index contributed by atoms with van der Waals surface area (Å²) in [4.78, 5) is 13.3. The molecule has 0 bridgehead atoms. The highest BCUT2D eigenvalue weighted by molar-refractivity contribution is 5.87. The van der Waals surface area contributed by atoms with Gasteiger partial charge in [-0.25, -0.2) is 0 Å². The van der Waals surface area contributed by atoms with E-state index < -0.39 is 24.7 Å². The molecule has 1 aliphatic rings. The topological polar surface area (TPSA) is 32.3 Å². The lowest BCUT2D eigenvalue weighted by Gasteiger charge is -2.28. The van der Waals surface area contributed by atoms with Crippen molar-refractivity contribution < 1.29 is 18.0 Å². The number of halogens is 3. The third-order valence-electron chi connectivity index (χ3n) is 3.34. The van der Waals surface area contributed by atoms with Gasteiger partial charge in [0.1, 0.15) is 12.6 Å². The fourth-order valence-electron chi connectivity index (χ4n) is 2.56. The number of nitrogens with zero attached hydrogens (tertiary/aromatic N) is 1. The van der Waals surface area contributed by atoms with Crippen LogP contribution >= 0.6 is 0 Å². The van der Waals surface area contributed by atoms with Crippen molar-refractivity contribution in [3.8, 4) is 0 Å². The monoisotopic (exact) mass is 300 g/mol. The molecular weight excluding hydrogens is 281 g/mol. The number of carbonyl (C=O) groups is 1. The van der Waals surface area contributed by atoms with Crippen LogP contribution in [0.3, 0.4) is 0 Å². The molecule has 0 aliphatic carbocycles. The molecular formula is C15H19F3N2O. The Morgan fingerprint density at radius 1 is 1.38 bits per heavy atom. The first-order valence-corrected chi connectivity index (χ1v) is 6.96. The molecule has 0 saturated carbocycles. The lowest BCUT2D eigenvalue weighted by Crippen LogP contribution is -2.47. The largest absolute Gasteiger partial charge is 0.406 e. The maximum absolute atomic E-state index is 12.7. The average molecular weight is 300 g/mol. The predicted octanol–water partition coefficient (Wildman–Crippen LogP) is 3.07. The van der Waals surface area contributed by atoms with Gasteiger partial charge < -0.3 is 10.2 Å². The van der Waals surface area contributed by atoms with Gasteiger partial charge >= 0.3 is 6.18 Å². The van der Waals surface area contributed by atoms with Gasteiger partial charge in [-0.05, 0) is 17.5 Å². The minimum absolute atomic E-state index is 0.0138. The molecule has 21 heavy (non-hydrogen) atoms. The third kappa shape index (κ3) is 4.12. The fourth-order valence-corrected chi connectivity index (χ4v) is 2.56. The van der Waals surface area contributed by atoms with Crippen molar-refractivity contribution in [1.29, 1.82) is 0 Å². The summed E-state index contributed by atoms with van der Waals surface area (Å²) < 4.78 is 38.0. The molecule has 0 radical (unpaired) electrons. The number of amides is 1. The molecule has 1 aromatic carbocycles. The van der Waals surface area contributed by atoms with Gasteiger partial charge in [-0.15, -0.1) is 0 Å². The van der Waals surface area contributed by atoms with Crippen LogP contribution in [0.2, 0.25) is 0 Å². The molecule has 1 aromatic rings. The number of para-hydroxylation sites is 1. The first kappa shape index (κ1) is 15.7. The van der Waals surface area contributed by atoms with Gasteiger partial charge in [0, 0.05) is 18.7 Å². The van der Waals surface area contributed by atoms with Crippen LogP contribution in [0.4, 0.5) is 18.9 Å².